The molecule has 1 aromatic heterocycles. The van der Waals surface area contributed by atoms with E-state index in [0.29, 0.717) is 10.6 Å². The highest BCUT2D eigenvalue weighted by atomic mass is 32.2. The summed E-state index contributed by atoms with van der Waals surface area (Å²) >= 11 is 1.20. The largest absolute Gasteiger partial charge is 0.369 e. The molecule has 0 aliphatic carbocycles. The standard InChI is InChI=1S/C14H12FN3O2S/c15-10-7-17-6-5-9(10)14(20)18-11-3-1-2-4-12(11)21-8-13(16)19/h1-7H,8H2,(H2,16,19)(H,18,20). The third-order valence-corrected chi connectivity index (χ3v) is 3.62. The van der Waals surface area contributed by atoms with Crippen molar-refractivity contribution in [3.05, 3.63) is 54.1 Å². The Morgan fingerprint density at radius 2 is 2.05 bits per heavy atom. The van der Waals surface area contributed by atoms with Gasteiger partial charge in [0.2, 0.25) is 5.91 Å². The van der Waals surface area contributed by atoms with E-state index in [1.165, 1.54) is 24.0 Å². The Bertz CT molecular complexity index is 679. The Kier molecular flexibility index (Phi) is 4.89. The zero-order valence-corrected chi connectivity index (χ0v) is 11.7. The van der Waals surface area contributed by atoms with Crippen molar-refractivity contribution in [2.45, 2.75) is 4.90 Å². The quantitative estimate of drug-likeness (QED) is 0.828. The van der Waals surface area contributed by atoms with Crippen molar-refractivity contribution in [1.82, 2.24) is 4.98 Å². The molecule has 0 fully saturated rings. The van der Waals surface area contributed by atoms with Gasteiger partial charge < -0.3 is 11.1 Å². The van der Waals surface area contributed by atoms with Gasteiger partial charge in [0, 0.05) is 11.1 Å². The average Bonchev–Trinajstić information content (AvgIpc) is 2.46. The molecule has 2 rings (SSSR count). The molecule has 1 aromatic carbocycles. The smallest absolute Gasteiger partial charge is 0.258 e. The minimum absolute atomic E-state index is 0.0938. The molecule has 0 spiro atoms. The van der Waals surface area contributed by atoms with E-state index in [1.807, 2.05) is 0 Å². The second-order valence-corrected chi connectivity index (χ2v) is 5.08. The molecule has 3 N–H and O–H groups in total. The van der Waals surface area contributed by atoms with Gasteiger partial charge >= 0.3 is 0 Å². The maximum atomic E-state index is 13.5. The summed E-state index contributed by atoms with van der Waals surface area (Å²) in [6.45, 7) is 0. The van der Waals surface area contributed by atoms with Gasteiger partial charge in [-0.25, -0.2) is 4.39 Å². The molecule has 0 aliphatic heterocycles. The second-order valence-electron chi connectivity index (χ2n) is 4.06. The molecule has 0 atom stereocenters. The van der Waals surface area contributed by atoms with Crippen LogP contribution in [0, 0.1) is 5.82 Å². The summed E-state index contributed by atoms with van der Waals surface area (Å²) < 4.78 is 13.5. The number of primary amides is 1. The number of carbonyl (C=O) groups excluding carboxylic acids is 2. The fraction of sp³-hybridized carbons (Fsp3) is 0.0714. The van der Waals surface area contributed by atoms with Crippen LogP contribution in [0.15, 0.2) is 47.6 Å². The molecule has 0 saturated heterocycles. The number of thioether (sulfide) groups is 1. The summed E-state index contributed by atoms with van der Waals surface area (Å²) in [5, 5.41) is 2.61. The second kappa shape index (κ2) is 6.85. The van der Waals surface area contributed by atoms with Crippen molar-refractivity contribution in [3.63, 3.8) is 0 Å². The highest BCUT2D eigenvalue weighted by molar-refractivity contribution is 8.00. The number of amides is 2. The van der Waals surface area contributed by atoms with Crippen LogP contribution in [0.2, 0.25) is 0 Å². The molecule has 2 aromatic rings. The maximum absolute atomic E-state index is 13.5. The summed E-state index contributed by atoms with van der Waals surface area (Å²) in [5.41, 5.74) is 5.49. The van der Waals surface area contributed by atoms with Gasteiger partial charge in [-0.05, 0) is 18.2 Å². The lowest BCUT2D eigenvalue weighted by atomic mass is 10.2. The van der Waals surface area contributed by atoms with Gasteiger partial charge in [-0.15, -0.1) is 11.8 Å². The van der Waals surface area contributed by atoms with Crippen molar-refractivity contribution >= 4 is 29.3 Å². The van der Waals surface area contributed by atoms with Crippen LogP contribution in [0.4, 0.5) is 10.1 Å². The van der Waals surface area contributed by atoms with E-state index in [9.17, 15) is 14.0 Å². The number of rotatable bonds is 5. The first kappa shape index (κ1) is 15.0. The molecule has 0 aliphatic rings. The Labute approximate surface area is 124 Å². The molecule has 0 saturated carbocycles. The third kappa shape index (κ3) is 4.03. The van der Waals surface area contributed by atoms with E-state index in [0.717, 1.165) is 6.20 Å². The minimum Gasteiger partial charge on any atom is -0.369 e. The molecular formula is C14H12FN3O2S. The van der Waals surface area contributed by atoms with Crippen molar-refractivity contribution in [2.24, 2.45) is 5.73 Å². The molecule has 2 amide bonds. The fourth-order valence-corrected chi connectivity index (χ4v) is 2.34. The number of carbonyl (C=O) groups is 2. The topological polar surface area (TPSA) is 85.1 Å². The zero-order valence-electron chi connectivity index (χ0n) is 10.9. The lowest BCUT2D eigenvalue weighted by Gasteiger charge is -2.10. The van der Waals surface area contributed by atoms with E-state index >= 15 is 0 Å². The van der Waals surface area contributed by atoms with Gasteiger partial charge in [0.05, 0.1) is 23.2 Å². The number of anilines is 1. The van der Waals surface area contributed by atoms with E-state index in [4.69, 9.17) is 5.73 Å². The lowest BCUT2D eigenvalue weighted by molar-refractivity contribution is -0.115. The van der Waals surface area contributed by atoms with Crippen LogP contribution in [0.25, 0.3) is 0 Å². The third-order valence-electron chi connectivity index (χ3n) is 2.52. The van der Waals surface area contributed by atoms with E-state index < -0.39 is 17.6 Å². The summed E-state index contributed by atoms with van der Waals surface area (Å²) in [6.07, 6.45) is 2.31. The van der Waals surface area contributed by atoms with Crippen molar-refractivity contribution in [2.75, 3.05) is 11.1 Å². The number of nitrogens with zero attached hydrogens (tertiary/aromatic N) is 1. The highest BCUT2D eigenvalue weighted by Gasteiger charge is 2.13. The van der Waals surface area contributed by atoms with Crippen LogP contribution < -0.4 is 11.1 Å². The molecule has 0 unspecified atom stereocenters. The molecule has 0 bridgehead atoms. The van der Waals surface area contributed by atoms with Crippen LogP contribution in [0.3, 0.4) is 0 Å². The zero-order chi connectivity index (χ0) is 15.2. The van der Waals surface area contributed by atoms with Gasteiger partial charge in [-0.2, -0.15) is 0 Å². The molecular weight excluding hydrogens is 293 g/mol. The molecule has 7 heteroatoms. The number of aromatic nitrogens is 1. The Hall–Kier alpha value is -2.41. The predicted molar refractivity (Wildman–Crippen MR) is 78.5 cm³/mol. The monoisotopic (exact) mass is 305 g/mol. The van der Waals surface area contributed by atoms with Gasteiger partial charge in [0.15, 0.2) is 5.82 Å². The number of hydrogen-bond acceptors (Lipinski definition) is 4. The molecule has 5 nitrogen and oxygen atoms in total. The fourth-order valence-electron chi connectivity index (χ4n) is 1.59. The first-order chi connectivity index (χ1) is 10.1. The van der Waals surface area contributed by atoms with Crippen LogP contribution in [0.1, 0.15) is 10.4 Å². The molecule has 21 heavy (non-hydrogen) atoms. The number of para-hydroxylation sites is 1. The Morgan fingerprint density at radius 1 is 1.29 bits per heavy atom. The number of nitrogens with one attached hydrogen (secondary N) is 1. The van der Waals surface area contributed by atoms with E-state index in [2.05, 4.69) is 10.3 Å². The molecule has 108 valence electrons. The SMILES string of the molecule is NC(=O)CSc1ccccc1NC(=O)c1ccncc1F. The normalized spacial score (nSPS) is 10.1. The van der Waals surface area contributed by atoms with E-state index in [1.54, 1.807) is 24.3 Å². The van der Waals surface area contributed by atoms with Gasteiger partial charge in [0.1, 0.15) is 0 Å². The predicted octanol–water partition coefficient (Wildman–Crippen LogP) is 2.05. The Morgan fingerprint density at radius 3 is 2.76 bits per heavy atom. The number of halogens is 1. The van der Waals surface area contributed by atoms with Crippen LogP contribution in [0.5, 0.6) is 0 Å². The summed E-state index contributed by atoms with van der Waals surface area (Å²) in [7, 11) is 0. The van der Waals surface area contributed by atoms with Crippen LogP contribution in [-0.4, -0.2) is 22.6 Å². The van der Waals surface area contributed by atoms with Crippen molar-refractivity contribution < 1.29 is 14.0 Å². The Balaban J connectivity index is 2.18. The highest BCUT2D eigenvalue weighted by Crippen LogP contribution is 2.27. The van der Waals surface area contributed by atoms with Crippen molar-refractivity contribution in [1.29, 1.82) is 0 Å². The summed E-state index contributed by atoms with van der Waals surface area (Å²) in [6, 6.07) is 8.20. The summed E-state index contributed by atoms with van der Waals surface area (Å²) in [4.78, 5) is 27.1. The van der Waals surface area contributed by atoms with Crippen molar-refractivity contribution in [3.8, 4) is 0 Å². The summed E-state index contributed by atoms with van der Waals surface area (Å²) in [5.74, 6) is -1.64. The van der Waals surface area contributed by atoms with Crippen LogP contribution >= 0.6 is 11.8 Å². The number of benzene rings is 1. The maximum Gasteiger partial charge on any atom is 0.258 e. The number of nitrogens with two attached hydrogens (primary N) is 1. The van der Waals surface area contributed by atoms with Gasteiger partial charge in [0.25, 0.3) is 5.91 Å². The van der Waals surface area contributed by atoms with Gasteiger partial charge in [-0.3, -0.25) is 14.6 Å². The first-order valence-electron chi connectivity index (χ1n) is 5.99. The minimum atomic E-state index is -0.697. The molecule has 0 radical (unpaired) electrons. The average molecular weight is 305 g/mol. The molecule has 1 heterocycles. The van der Waals surface area contributed by atoms with Crippen LogP contribution in [-0.2, 0) is 4.79 Å². The first-order valence-corrected chi connectivity index (χ1v) is 6.97. The number of pyridine rings is 1. The van der Waals surface area contributed by atoms with Gasteiger partial charge in [-0.1, -0.05) is 12.1 Å². The lowest BCUT2D eigenvalue weighted by Crippen LogP contribution is -2.15. The number of hydrogen-bond donors (Lipinski definition) is 2. The van der Waals surface area contributed by atoms with E-state index in [-0.39, 0.29) is 11.3 Å².